The van der Waals surface area contributed by atoms with Gasteiger partial charge in [-0.15, -0.1) is 0 Å². The van der Waals surface area contributed by atoms with Gasteiger partial charge in [0, 0.05) is 26.2 Å². The van der Waals surface area contributed by atoms with E-state index in [4.69, 9.17) is 9.84 Å². The van der Waals surface area contributed by atoms with E-state index in [9.17, 15) is 4.79 Å². The van der Waals surface area contributed by atoms with Gasteiger partial charge in [0.25, 0.3) is 0 Å². The van der Waals surface area contributed by atoms with Gasteiger partial charge in [0.15, 0.2) is 0 Å². The molecule has 2 N–H and O–H groups in total. The van der Waals surface area contributed by atoms with Crippen LogP contribution >= 0.6 is 0 Å². The third kappa shape index (κ3) is 2.86. The molecule has 0 aromatic carbocycles. The Morgan fingerprint density at radius 2 is 2.06 bits per heavy atom. The summed E-state index contributed by atoms with van der Waals surface area (Å²) in [5.74, 6) is 0. The lowest BCUT2D eigenvalue weighted by Gasteiger charge is -2.27. The van der Waals surface area contributed by atoms with Gasteiger partial charge in [-0.05, 0) is 24.7 Å². The second-order valence-corrected chi connectivity index (χ2v) is 4.73. The molecule has 0 radical (unpaired) electrons. The predicted octanol–water partition coefficient (Wildman–Crippen LogP) is 0.191. The highest BCUT2D eigenvalue weighted by atomic mass is 16.5. The first kappa shape index (κ1) is 11.7. The van der Waals surface area contributed by atoms with Gasteiger partial charge >= 0.3 is 6.03 Å². The number of urea groups is 1. The van der Waals surface area contributed by atoms with Crippen LogP contribution in [0.2, 0.25) is 0 Å². The van der Waals surface area contributed by atoms with E-state index in [-0.39, 0.29) is 18.1 Å². The van der Waals surface area contributed by atoms with E-state index in [1.807, 2.05) is 0 Å². The molecule has 1 saturated carbocycles. The van der Waals surface area contributed by atoms with Crippen molar-refractivity contribution in [3.05, 3.63) is 0 Å². The van der Waals surface area contributed by atoms with Crippen LogP contribution in [-0.4, -0.2) is 55.5 Å². The van der Waals surface area contributed by atoms with Crippen LogP contribution in [0.15, 0.2) is 0 Å². The maximum atomic E-state index is 11.8. The van der Waals surface area contributed by atoms with Crippen molar-refractivity contribution in [2.45, 2.75) is 19.3 Å². The normalized spacial score (nSPS) is 22.9. The van der Waals surface area contributed by atoms with Crippen LogP contribution < -0.4 is 5.32 Å². The number of nitrogens with one attached hydrogen (secondary N) is 1. The molecule has 5 nitrogen and oxygen atoms in total. The van der Waals surface area contributed by atoms with E-state index in [2.05, 4.69) is 5.32 Å². The Balaban J connectivity index is 1.70. The summed E-state index contributed by atoms with van der Waals surface area (Å²) in [6.45, 7) is 3.54. The van der Waals surface area contributed by atoms with E-state index in [1.54, 1.807) is 4.90 Å². The minimum Gasteiger partial charge on any atom is -0.396 e. The van der Waals surface area contributed by atoms with Crippen molar-refractivity contribution in [3.8, 4) is 0 Å². The van der Waals surface area contributed by atoms with Gasteiger partial charge in [-0.3, -0.25) is 0 Å². The lowest BCUT2D eigenvalue weighted by molar-refractivity contribution is 0.0528. The van der Waals surface area contributed by atoms with Crippen LogP contribution in [0.3, 0.4) is 0 Å². The number of carbonyl (C=O) groups is 1. The number of hydrogen-bond donors (Lipinski definition) is 2. The summed E-state index contributed by atoms with van der Waals surface area (Å²) in [5, 5.41) is 11.9. The second-order valence-electron chi connectivity index (χ2n) is 4.73. The van der Waals surface area contributed by atoms with Crippen molar-refractivity contribution >= 4 is 6.03 Å². The first-order valence-corrected chi connectivity index (χ1v) is 5.97. The molecule has 2 rings (SSSR count). The van der Waals surface area contributed by atoms with Crippen molar-refractivity contribution in [1.29, 1.82) is 0 Å². The Labute approximate surface area is 95.8 Å². The standard InChI is InChI=1S/C11H20N2O3/c14-6-3-11(1-2-11)9-12-10(15)13-4-7-16-8-5-13/h14H,1-9H2,(H,12,15). The van der Waals surface area contributed by atoms with Gasteiger partial charge in [-0.25, -0.2) is 4.79 Å². The van der Waals surface area contributed by atoms with Gasteiger partial charge < -0.3 is 20.1 Å². The molecular weight excluding hydrogens is 208 g/mol. The summed E-state index contributed by atoms with van der Waals surface area (Å²) in [7, 11) is 0. The second kappa shape index (κ2) is 5.01. The van der Waals surface area contributed by atoms with Gasteiger partial charge in [0.05, 0.1) is 13.2 Å². The number of carbonyl (C=O) groups excluding carboxylic acids is 1. The predicted molar refractivity (Wildman–Crippen MR) is 59.2 cm³/mol. The molecule has 0 spiro atoms. The minimum absolute atomic E-state index is 0.00696. The third-order valence-corrected chi connectivity index (χ3v) is 3.51. The van der Waals surface area contributed by atoms with Crippen LogP contribution in [0.1, 0.15) is 19.3 Å². The maximum absolute atomic E-state index is 11.8. The highest BCUT2D eigenvalue weighted by molar-refractivity contribution is 5.74. The zero-order chi connectivity index (χ0) is 11.4. The number of morpholine rings is 1. The summed E-state index contributed by atoms with van der Waals surface area (Å²) in [5.41, 5.74) is 0.191. The molecule has 2 fully saturated rings. The molecule has 1 aliphatic heterocycles. The van der Waals surface area contributed by atoms with E-state index in [0.29, 0.717) is 32.8 Å². The first-order chi connectivity index (χ1) is 7.76. The van der Waals surface area contributed by atoms with E-state index in [1.165, 1.54) is 0 Å². The summed E-state index contributed by atoms with van der Waals surface area (Å²) >= 11 is 0. The molecular formula is C11H20N2O3. The van der Waals surface area contributed by atoms with Crippen LogP contribution in [0.5, 0.6) is 0 Å². The number of aliphatic hydroxyl groups is 1. The van der Waals surface area contributed by atoms with Crippen LogP contribution in [0, 0.1) is 5.41 Å². The van der Waals surface area contributed by atoms with E-state index in [0.717, 1.165) is 19.3 Å². The molecule has 1 aliphatic carbocycles. The van der Waals surface area contributed by atoms with Crippen LogP contribution in [-0.2, 0) is 4.74 Å². The fourth-order valence-corrected chi connectivity index (χ4v) is 2.07. The first-order valence-electron chi connectivity index (χ1n) is 5.97. The molecule has 5 heteroatoms. The van der Waals surface area contributed by atoms with Crippen molar-refractivity contribution in [1.82, 2.24) is 10.2 Å². The Bertz CT molecular complexity index is 248. The Hall–Kier alpha value is -0.810. The molecule has 0 bridgehead atoms. The number of amides is 2. The van der Waals surface area contributed by atoms with E-state index >= 15 is 0 Å². The maximum Gasteiger partial charge on any atom is 0.317 e. The molecule has 1 heterocycles. The Morgan fingerprint density at radius 1 is 1.38 bits per heavy atom. The van der Waals surface area contributed by atoms with Gasteiger partial charge in [0.1, 0.15) is 0 Å². The molecule has 2 aliphatic rings. The topological polar surface area (TPSA) is 61.8 Å². The average Bonchev–Trinajstić information content (AvgIpc) is 3.08. The van der Waals surface area contributed by atoms with Crippen molar-refractivity contribution in [2.24, 2.45) is 5.41 Å². The van der Waals surface area contributed by atoms with Gasteiger partial charge in [0.2, 0.25) is 0 Å². The SMILES string of the molecule is O=C(NCC1(CCO)CC1)N1CCOCC1. The molecule has 16 heavy (non-hydrogen) atoms. The lowest BCUT2D eigenvalue weighted by atomic mass is 10.0. The molecule has 92 valence electrons. The summed E-state index contributed by atoms with van der Waals surface area (Å²) in [6, 6.07) is 0.00696. The minimum atomic E-state index is 0.00696. The largest absolute Gasteiger partial charge is 0.396 e. The van der Waals surface area contributed by atoms with Gasteiger partial charge in [-0.2, -0.15) is 0 Å². The molecule has 1 saturated heterocycles. The summed E-state index contributed by atoms with van der Waals surface area (Å²) in [4.78, 5) is 13.6. The van der Waals surface area contributed by atoms with Crippen LogP contribution in [0.25, 0.3) is 0 Å². The number of aliphatic hydroxyl groups excluding tert-OH is 1. The third-order valence-electron chi connectivity index (χ3n) is 3.51. The molecule has 0 aromatic rings. The van der Waals surface area contributed by atoms with Crippen LogP contribution in [0.4, 0.5) is 4.79 Å². The van der Waals surface area contributed by atoms with Crippen molar-refractivity contribution in [2.75, 3.05) is 39.5 Å². The quantitative estimate of drug-likeness (QED) is 0.722. The highest BCUT2D eigenvalue weighted by Crippen LogP contribution is 2.47. The van der Waals surface area contributed by atoms with Crippen molar-refractivity contribution in [3.63, 3.8) is 0 Å². The molecule has 0 aromatic heterocycles. The molecule has 2 amide bonds. The van der Waals surface area contributed by atoms with Gasteiger partial charge in [-0.1, -0.05) is 0 Å². The fraction of sp³-hybridized carbons (Fsp3) is 0.909. The fourth-order valence-electron chi connectivity index (χ4n) is 2.07. The average molecular weight is 228 g/mol. The lowest BCUT2D eigenvalue weighted by Crippen LogP contribution is -2.47. The number of nitrogens with zero attached hydrogens (tertiary/aromatic N) is 1. The van der Waals surface area contributed by atoms with Crippen molar-refractivity contribution < 1.29 is 14.6 Å². The van der Waals surface area contributed by atoms with E-state index < -0.39 is 0 Å². The Morgan fingerprint density at radius 3 is 2.62 bits per heavy atom. The smallest absolute Gasteiger partial charge is 0.317 e. The molecule has 0 atom stereocenters. The number of rotatable bonds is 4. The zero-order valence-corrected chi connectivity index (χ0v) is 9.57. The monoisotopic (exact) mass is 228 g/mol. The summed E-state index contributed by atoms with van der Waals surface area (Å²) < 4.78 is 5.19. The zero-order valence-electron chi connectivity index (χ0n) is 9.57. The number of hydrogen-bond acceptors (Lipinski definition) is 3. The highest BCUT2D eigenvalue weighted by Gasteiger charge is 2.42. The number of ether oxygens (including phenoxy) is 1. The molecule has 0 unspecified atom stereocenters. The Kier molecular flexibility index (Phi) is 3.66. The summed E-state index contributed by atoms with van der Waals surface area (Å²) in [6.07, 6.45) is 3.05.